The molecule has 0 bridgehead atoms. The Morgan fingerprint density at radius 1 is 1.33 bits per heavy atom. The first-order valence-corrected chi connectivity index (χ1v) is 5.41. The summed E-state index contributed by atoms with van der Waals surface area (Å²) in [5.74, 6) is 0. The highest BCUT2D eigenvalue weighted by Gasteiger charge is 2.17. The summed E-state index contributed by atoms with van der Waals surface area (Å²) in [6.45, 7) is 2.52. The van der Waals surface area contributed by atoms with Gasteiger partial charge in [0.2, 0.25) is 0 Å². The van der Waals surface area contributed by atoms with Crippen LogP contribution >= 0.6 is 0 Å². The summed E-state index contributed by atoms with van der Waals surface area (Å²) in [7, 11) is 0. The van der Waals surface area contributed by atoms with Gasteiger partial charge in [0.05, 0.1) is 12.2 Å². The minimum atomic E-state index is -0.403. The van der Waals surface area contributed by atoms with E-state index in [9.17, 15) is 5.11 Å². The van der Waals surface area contributed by atoms with Gasteiger partial charge in [-0.2, -0.15) is 0 Å². The standard InChI is InChI=1S/C12H17NO2/c14-12(10-4-2-1-3-5-10)6-7-15-11-8-13-9-11/h1-5,11-14H,6-9H2. The van der Waals surface area contributed by atoms with E-state index < -0.39 is 6.10 Å². The number of hydrogen-bond acceptors (Lipinski definition) is 3. The molecule has 0 saturated carbocycles. The Balaban J connectivity index is 1.70. The molecule has 3 nitrogen and oxygen atoms in total. The third kappa shape index (κ3) is 3.02. The van der Waals surface area contributed by atoms with Crippen molar-refractivity contribution in [1.29, 1.82) is 0 Å². The predicted octanol–water partition coefficient (Wildman–Crippen LogP) is 1.10. The highest BCUT2D eigenvalue weighted by molar-refractivity contribution is 5.17. The first-order chi connectivity index (χ1) is 7.36. The van der Waals surface area contributed by atoms with Crippen molar-refractivity contribution in [3.05, 3.63) is 35.9 Å². The quantitative estimate of drug-likeness (QED) is 0.759. The van der Waals surface area contributed by atoms with Crippen LogP contribution in [0, 0.1) is 0 Å². The van der Waals surface area contributed by atoms with Crippen LogP contribution in [0.15, 0.2) is 30.3 Å². The molecule has 1 aromatic carbocycles. The third-order valence-electron chi connectivity index (χ3n) is 2.67. The fraction of sp³-hybridized carbons (Fsp3) is 0.500. The zero-order valence-electron chi connectivity index (χ0n) is 8.73. The maximum absolute atomic E-state index is 9.83. The summed E-state index contributed by atoms with van der Waals surface area (Å²) in [6.07, 6.45) is 0.618. The Kier molecular flexibility index (Phi) is 3.72. The second-order valence-corrected chi connectivity index (χ2v) is 3.87. The van der Waals surface area contributed by atoms with Crippen molar-refractivity contribution in [2.75, 3.05) is 19.7 Å². The fourth-order valence-electron chi connectivity index (χ4n) is 1.57. The van der Waals surface area contributed by atoms with Gasteiger partial charge in [-0.25, -0.2) is 0 Å². The topological polar surface area (TPSA) is 41.5 Å². The van der Waals surface area contributed by atoms with Crippen LogP contribution < -0.4 is 5.32 Å². The van der Waals surface area contributed by atoms with E-state index in [4.69, 9.17) is 4.74 Å². The molecule has 1 aromatic rings. The molecule has 0 aliphatic carbocycles. The van der Waals surface area contributed by atoms with Gasteiger partial charge in [0, 0.05) is 26.1 Å². The van der Waals surface area contributed by atoms with Gasteiger partial charge >= 0.3 is 0 Å². The molecule has 0 amide bonds. The van der Waals surface area contributed by atoms with E-state index in [1.54, 1.807) is 0 Å². The van der Waals surface area contributed by atoms with Crippen LogP contribution in [-0.4, -0.2) is 30.9 Å². The molecule has 0 aromatic heterocycles. The van der Waals surface area contributed by atoms with E-state index in [0.29, 0.717) is 19.1 Å². The number of nitrogens with one attached hydrogen (secondary N) is 1. The maximum atomic E-state index is 9.83. The van der Waals surface area contributed by atoms with Crippen LogP contribution in [0.5, 0.6) is 0 Å². The van der Waals surface area contributed by atoms with Crippen LogP contribution in [0.25, 0.3) is 0 Å². The molecule has 82 valence electrons. The van der Waals surface area contributed by atoms with Crippen LogP contribution in [0.2, 0.25) is 0 Å². The van der Waals surface area contributed by atoms with Crippen molar-refractivity contribution in [1.82, 2.24) is 5.32 Å². The zero-order valence-corrected chi connectivity index (χ0v) is 8.73. The summed E-state index contributed by atoms with van der Waals surface area (Å²) in [6, 6.07) is 9.71. The molecule has 2 N–H and O–H groups in total. The van der Waals surface area contributed by atoms with Crippen molar-refractivity contribution in [3.63, 3.8) is 0 Å². The van der Waals surface area contributed by atoms with E-state index in [2.05, 4.69) is 5.32 Å². The average molecular weight is 207 g/mol. The lowest BCUT2D eigenvalue weighted by atomic mass is 10.1. The molecular formula is C12H17NO2. The smallest absolute Gasteiger partial charge is 0.0823 e. The molecular weight excluding hydrogens is 190 g/mol. The Labute approximate surface area is 90.1 Å². The van der Waals surface area contributed by atoms with Gasteiger partial charge in [-0.05, 0) is 5.56 Å². The van der Waals surface area contributed by atoms with Crippen molar-refractivity contribution in [3.8, 4) is 0 Å². The molecule has 1 aliphatic rings. The number of ether oxygens (including phenoxy) is 1. The maximum Gasteiger partial charge on any atom is 0.0823 e. The van der Waals surface area contributed by atoms with Gasteiger partial charge in [-0.3, -0.25) is 0 Å². The molecule has 1 aliphatic heterocycles. The highest BCUT2D eigenvalue weighted by atomic mass is 16.5. The molecule has 1 saturated heterocycles. The van der Waals surface area contributed by atoms with Crippen molar-refractivity contribution < 1.29 is 9.84 Å². The van der Waals surface area contributed by atoms with E-state index in [0.717, 1.165) is 18.7 Å². The molecule has 2 rings (SSSR count). The lowest BCUT2D eigenvalue weighted by Crippen LogP contribution is -2.48. The molecule has 1 atom stereocenters. The van der Waals surface area contributed by atoms with Crippen LogP contribution in [-0.2, 0) is 4.74 Å². The van der Waals surface area contributed by atoms with Crippen molar-refractivity contribution in [2.24, 2.45) is 0 Å². The summed E-state index contributed by atoms with van der Waals surface area (Å²) in [4.78, 5) is 0. The molecule has 1 unspecified atom stereocenters. The third-order valence-corrected chi connectivity index (χ3v) is 2.67. The predicted molar refractivity (Wildman–Crippen MR) is 58.6 cm³/mol. The van der Waals surface area contributed by atoms with E-state index in [1.165, 1.54) is 0 Å². The number of aliphatic hydroxyl groups excluding tert-OH is 1. The SMILES string of the molecule is OC(CCOC1CNC1)c1ccccc1. The number of benzene rings is 1. The second-order valence-electron chi connectivity index (χ2n) is 3.87. The van der Waals surface area contributed by atoms with Crippen molar-refractivity contribution in [2.45, 2.75) is 18.6 Å². The normalized spacial score (nSPS) is 18.5. The Morgan fingerprint density at radius 3 is 2.67 bits per heavy atom. The van der Waals surface area contributed by atoms with Gasteiger partial charge < -0.3 is 15.2 Å². The van der Waals surface area contributed by atoms with Gasteiger partial charge in [-0.15, -0.1) is 0 Å². The lowest BCUT2D eigenvalue weighted by molar-refractivity contribution is 0.00117. The monoisotopic (exact) mass is 207 g/mol. The van der Waals surface area contributed by atoms with Crippen molar-refractivity contribution >= 4 is 0 Å². The van der Waals surface area contributed by atoms with Crippen LogP contribution in [0.4, 0.5) is 0 Å². The number of rotatable bonds is 5. The Morgan fingerprint density at radius 2 is 2.07 bits per heavy atom. The number of hydrogen-bond donors (Lipinski definition) is 2. The number of aliphatic hydroxyl groups is 1. The van der Waals surface area contributed by atoms with Gasteiger partial charge in [-0.1, -0.05) is 30.3 Å². The molecule has 1 fully saturated rings. The Hall–Kier alpha value is -0.900. The lowest BCUT2D eigenvalue weighted by Gasteiger charge is -2.27. The largest absolute Gasteiger partial charge is 0.388 e. The van der Waals surface area contributed by atoms with E-state index in [1.807, 2.05) is 30.3 Å². The van der Waals surface area contributed by atoms with E-state index in [-0.39, 0.29) is 0 Å². The molecule has 0 spiro atoms. The zero-order chi connectivity index (χ0) is 10.5. The summed E-state index contributed by atoms with van der Waals surface area (Å²) in [5.41, 5.74) is 0.966. The summed E-state index contributed by atoms with van der Waals surface area (Å²) < 4.78 is 5.55. The molecule has 0 radical (unpaired) electrons. The molecule has 15 heavy (non-hydrogen) atoms. The summed E-state index contributed by atoms with van der Waals surface area (Å²) in [5, 5.41) is 13.0. The first-order valence-electron chi connectivity index (χ1n) is 5.41. The van der Waals surface area contributed by atoms with Gasteiger partial charge in [0.15, 0.2) is 0 Å². The minimum absolute atomic E-state index is 0.355. The second kappa shape index (κ2) is 5.26. The Bertz CT molecular complexity index is 285. The van der Waals surface area contributed by atoms with Gasteiger partial charge in [0.1, 0.15) is 0 Å². The first kappa shape index (κ1) is 10.6. The summed E-state index contributed by atoms with van der Waals surface area (Å²) >= 11 is 0. The fourth-order valence-corrected chi connectivity index (χ4v) is 1.57. The van der Waals surface area contributed by atoms with Crippen LogP contribution in [0.3, 0.4) is 0 Å². The highest BCUT2D eigenvalue weighted by Crippen LogP contribution is 2.16. The van der Waals surface area contributed by atoms with E-state index >= 15 is 0 Å². The van der Waals surface area contributed by atoms with Crippen LogP contribution in [0.1, 0.15) is 18.1 Å². The minimum Gasteiger partial charge on any atom is -0.388 e. The molecule has 1 heterocycles. The average Bonchev–Trinajstić information content (AvgIpc) is 2.23. The van der Waals surface area contributed by atoms with Gasteiger partial charge in [0.25, 0.3) is 0 Å². The molecule has 3 heteroatoms.